The van der Waals surface area contributed by atoms with Gasteiger partial charge in [0, 0.05) is 6.61 Å². The van der Waals surface area contributed by atoms with Gasteiger partial charge in [-0.3, -0.25) is 0 Å². The van der Waals surface area contributed by atoms with E-state index in [2.05, 4.69) is 0 Å². The first kappa shape index (κ1) is 10.7. The second-order valence-electron chi connectivity index (χ2n) is 4.24. The van der Waals surface area contributed by atoms with Crippen LogP contribution in [0, 0.1) is 5.92 Å². The van der Waals surface area contributed by atoms with Crippen LogP contribution in [-0.2, 0) is 17.9 Å². The quantitative estimate of drug-likeness (QED) is 0.810. The number of nitrogens with two attached hydrogens (primary N) is 1. The largest absolute Gasteiger partial charge is 0.462 e. The molecule has 1 aromatic rings. The predicted molar refractivity (Wildman–Crippen MR) is 58.2 cm³/mol. The molecule has 0 unspecified atom stereocenters. The van der Waals surface area contributed by atoms with E-state index in [1.807, 2.05) is 12.1 Å². The molecule has 1 aromatic heterocycles. The van der Waals surface area contributed by atoms with E-state index >= 15 is 0 Å². The molecule has 0 aromatic carbocycles. The van der Waals surface area contributed by atoms with Gasteiger partial charge in [0.1, 0.15) is 18.1 Å². The lowest BCUT2D eigenvalue weighted by Crippen LogP contribution is -2.04. The first-order valence-electron chi connectivity index (χ1n) is 5.74. The maximum Gasteiger partial charge on any atom is 0.129 e. The third kappa shape index (κ3) is 3.08. The van der Waals surface area contributed by atoms with Crippen LogP contribution in [0.15, 0.2) is 16.5 Å². The number of furan rings is 1. The van der Waals surface area contributed by atoms with Crippen molar-refractivity contribution in [2.24, 2.45) is 11.7 Å². The Bertz CT molecular complexity index is 290. The van der Waals surface area contributed by atoms with Gasteiger partial charge in [0.05, 0.1) is 6.54 Å². The Morgan fingerprint density at radius 1 is 1.27 bits per heavy atom. The maximum atomic E-state index is 5.63. The van der Waals surface area contributed by atoms with Crippen LogP contribution in [0.1, 0.15) is 37.2 Å². The van der Waals surface area contributed by atoms with Crippen LogP contribution in [0.5, 0.6) is 0 Å². The van der Waals surface area contributed by atoms with Crippen molar-refractivity contribution in [2.75, 3.05) is 6.61 Å². The Morgan fingerprint density at radius 3 is 2.67 bits per heavy atom. The molecule has 1 saturated carbocycles. The van der Waals surface area contributed by atoms with Crippen LogP contribution in [0.4, 0.5) is 0 Å². The molecule has 1 heterocycles. The monoisotopic (exact) mass is 209 g/mol. The molecule has 2 rings (SSSR count). The smallest absolute Gasteiger partial charge is 0.129 e. The van der Waals surface area contributed by atoms with Crippen molar-refractivity contribution in [3.63, 3.8) is 0 Å². The molecule has 1 aliphatic rings. The van der Waals surface area contributed by atoms with Crippen LogP contribution in [0.2, 0.25) is 0 Å². The Hall–Kier alpha value is -0.800. The fourth-order valence-corrected chi connectivity index (χ4v) is 2.11. The van der Waals surface area contributed by atoms with E-state index in [0.29, 0.717) is 13.2 Å². The number of rotatable bonds is 5. The molecule has 0 aliphatic heterocycles. The summed E-state index contributed by atoms with van der Waals surface area (Å²) in [4.78, 5) is 0. The van der Waals surface area contributed by atoms with E-state index in [0.717, 1.165) is 24.0 Å². The number of hydrogen-bond donors (Lipinski definition) is 1. The summed E-state index contributed by atoms with van der Waals surface area (Å²) >= 11 is 0. The van der Waals surface area contributed by atoms with Crippen molar-refractivity contribution in [1.82, 2.24) is 0 Å². The summed E-state index contributed by atoms with van der Waals surface area (Å²) in [7, 11) is 0. The average molecular weight is 209 g/mol. The van der Waals surface area contributed by atoms with Crippen molar-refractivity contribution < 1.29 is 9.15 Å². The molecule has 0 radical (unpaired) electrons. The van der Waals surface area contributed by atoms with Crippen molar-refractivity contribution >= 4 is 0 Å². The van der Waals surface area contributed by atoms with Crippen molar-refractivity contribution in [3.05, 3.63) is 23.7 Å². The highest BCUT2D eigenvalue weighted by Crippen LogP contribution is 2.25. The highest BCUT2D eigenvalue weighted by molar-refractivity contribution is 5.05. The lowest BCUT2D eigenvalue weighted by molar-refractivity contribution is 0.0765. The number of ether oxygens (including phenoxy) is 1. The topological polar surface area (TPSA) is 48.4 Å². The van der Waals surface area contributed by atoms with E-state index < -0.39 is 0 Å². The summed E-state index contributed by atoms with van der Waals surface area (Å²) in [6.45, 7) is 1.91. The van der Waals surface area contributed by atoms with Crippen LogP contribution in [-0.4, -0.2) is 6.61 Å². The summed E-state index contributed by atoms with van der Waals surface area (Å²) in [6, 6.07) is 3.85. The van der Waals surface area contributed by atoms with Crippen LogP contribution in [0.25, 0.3) is 0 Å². The molecule has 1 fully saturated rings. The molecule has 3 heteroatoms. The van der Waals surface area contributed by atoms with Gasteiger partial charge in [0.15, 0.2) is 0 Å². The highest BCUT2D eigenvalue weighted by Gasteiger charge is 2.14. The summed E-state index contributed by atoms with van der Waals surface area (Å²) in [5.41, 5.74) is 5.46. The van der Waals surface area contributed by atoms with Gasteiger partial charge in [-0.2, -0.15) is 0 Å². The molecular formula is C12H19NO2. The van der Waals surface area contributed by atoms with Crippen molar-refractivity contribution in [3.8, 4) is 0 Å². The Labute approximate surface area is 90.6 Å². The van der Waals surface area contributed by atoms with E-state index in [1.54, 1.807) is 0 Å². The average Bonchev–Trinajstić information content (AvgIpc) is 2.88. The van der Waals surface area contributed by atoms with Crippen molar-refractivity contribution in [2.45, 2.75) is 38.8 Å². The molecule has 0 atom stereocenters. The fourth-order valence-electron chi connectivity index (χ4n) is 2.11. The molecule has 0 spiro atoms. The van der Waals surface area contributed by atoms with Crippen molar-refractivity contribution in [1.29, 1.82) is 0 Å². The summed E-state index contributed by atoms with van der Waals surface area (Å²) in [6.07, 6.45) is 5.39. The zero-order valence-electron chi connectivity index (χ0n) is 9.08. The minimum absolute atomic E-state index is 0.461. The third-order valence-electron chi connectivity index (χ3n) is 2.99. The lowest BCUT2D eigenvalue weighted by Gasteiger charge is -2.08. The van der Waals surface area contributed by atoms with Crippen LogP contribution >= 0.6 is 0 Å². The molecule has 15 heavy (non-hydrogen) atoms. The molecule has 2 N–H and O–H groups in total. The van der Waals surface area contributed by atoms with Gasteiger partial charge in [0.25, 0.3) is 0 Å². The van der Waals surface area contributed by atoms with Gasteiger partial charge in [0.2, 0.25) is 0 Å². The second kappa shape index (κ2) is 5.33. The number of hydrogen-bond acceptors (Lipinski definition) is 3. The Balaban J connectivity index is 1.68. The lowest BCUT2D eigenvalue weighted by atomic mass is 10.1. The van der Waals surface area contributed by atoms with Gasteiger partial charge in [-0.1, -0.05) is 12.8 Å². The van der Waals surface area contributed by atoms with E-state index in [1.165, 1.54) is 25.7 Å². The zero-order valence-corrected chi connectivity index (χ0v) is 9.08. The van der Waals surface area contributed by atoms with E-state index in [9.17, 15) is 0 Å². The molecule has 0 amide bonds. The Kier molecular flexibility index (Phi) is 3.80. The Morgan fingerprint density at radius 2 is 2.00 bits per heavy atom. The van der Waals surface area contributed by atoms with Crippen LogP contribution < -0.4 is 5.73 Å². The standard InChI is InChI=1S/C12H19NO2/c13-7-11-5-6-12(15-11)9-14-8-10-3-1-2-4-10/h5-6,10H,1-4,7-9,13H2. The SMILES string of the molecule is NCc1ccc(COCC2CCCC2)o1. The minimum Gasteiger partial charge on any atom is -0.462 e. The molecule has 0 saturated heterocycles. The van der Waals surface area contributed by atoms with Gasteiger partial charge in [-0.05, 0) is 30.9 Å². The van der Waals surface area contributed by atoms with Gasteiger partial charge >= 0.3 is 0 Å². The van der Waals surface area contributed by atoms with Crippen LogP contribution in [0.3, 0.4) is 0 Å². The summed E-state index contributed by atoms with van der Waals surface area (Å²) in [5.74, 6) is 2.48. The van der Waals surface area contributed by atoms with Gasteiger partial charge in [-0.15, -0.1) is 0 Å². The third-order valence-corrected chi connectivity index (χ3v) is 2.99. The normalized spacial score (nSPS) is 17.4. The molecule has 3 nitrogen and oxygen atoms in total. The molecular weight excluding hydrogens is 190 g/mol. The summed E-state index contributed by atoms with van der Waals surface area (Å²) in [5, 5.41) is 0. The minimum atomic E-state index is 0.461. The highest BCUT2D eigenvalue weighted by atomic mass is 16.5. The predicted octanol–water partition coefficient (Wildman–Crippen LogP) is 2.45. The second-order valence-corrected chi connectivity index (χ2v) is 4.24. The zero-order chi connectivity index (χ0) is 10.5. The van der Waals surface area contributed by atoms with Gasteiger partial charge < -0.3 is 14.9 Å². The molecule has 1 aliphatic carbocycles. The first-order chi connectivity index (χ1) is 7.38. The molecule has 84 valence electrons. The first-order valence-corrected chi connectivity index (χ1v) is 5.74. The summed E-state index contributed by atoms with van der Waals surface area (Å²) < 4.78 is 11.1. The van der Waals surface area contributed by atoms with E-state index in [4.69, 9.17) is 14.9 Å². The fraction of sp³-hybridized carbons (Fsp3) is 0.667. The van der Waals surface area contributed by atoms with Gasteiger partial charge in [-0.25, -0.2) is 0 Å². The van der Waals surface area contributed by atoms with E-state index in [-0.39, 0.29) is 0 Å². The maximum absolute atomic E-state index is 5.63. The molecule has 0 bridgehead atoms.